The van der Waals surface area contributed by atoms with Gasteiger partial charge in [0.2, 0.25) is 0 Å². The summed E-state index contributed by atoms with van der Waals surface area (Å²) in [4.78, 5) is 13.8. The normalized spacial score (nSPS) is 18.9. The molecule has 1 unspecified atom stereocenters. The van der Waals surface area contributed by atoms with E-state index >= 15 is 0 Å². The lowest BCUT2D eigenvalue weighted by Crippen LogP contribution is -2.52. The summed E-state index contributed by atoms with van der Waals surface area (Å²) in [5, 5.41) is 0. The highest BCUT2D eigenvalue weighted by molar-refractivity contribution is 5.69. The van der Waals surface area contributed by atoms with Crippen molar-refractivity contribution < 1.29 is 9.53 Å². The molecule has 19 heavy (non-hydrogen) atoms. The number of rotatable bonds is 3. The highest BCUT2D eigenvalue weighted by Gasteiger charge is 2.34. The maximum absolute atomic E-state index is 12.0. The van der Waals surface area contributed by atoms with Crippen LogP contribution in [0.4, 0.5) is 4.79 Å². The van der Waals surface area contributed by atoms with Gasteiger partial charge in [0, 0.05) is 12.6 Å². The Morgan fingerprint density at radius 1 is 1.32 bits per heavy atom. The number of amides is 1. The minimum Gasteiger partial charge on any atom is -0.444 e. The summed E-state index contributed by atoms with van der Waals surface area (Å²) in [5.41, 5.74) is 0.926. The van der Waals surface area contributed by atoms with Gasteiger partial charge in [0.15, 0.2) is 0 Å². The molecule has 1 amide bonds. The van der Waals surface area contributed by atoms with Crippen molar-refractivity contribution in [2.75, 3.05) is 6.54 Å². The van der Waals surface area contributed by atoms with Crippen LogP contribution >= 0.6 is 0 Å². The summed E-state index contributed by atoms with van der Waals surface area (Å²) in [6.07, 6.45) is 2.96. The molecule has 0 aliphatic carbocycles. The van der Waals surface area contributed by atoms with Gasteiger partial charge in [0.25, 0.3) is 0 Å². The first-order valence-corrected chi connectivity index (χ1v) is 6.99. The number of benzene rings is 1. The van der Waals surface area contributed by atoms with Crippen LogP contribution in [-0.2, 0) is 11.2 Å². The van der Waals surface area contributed by atoms with Crippen LogP contribution in [0.15, 0.2) is 30.3 Å². The number of carbonyl (C=O) groups excluding carboxylic acids is 1. The monoisotopic (exact) mass is 261 g/mol. The van der Waals surface area contributed by atoms with Crippen LogP contribution in [-0.4, -0.2) is 29.2 Å². The quantitative estimate of drug-likeness (QED) is 0.831. The minimum atomic E-state index is -0.406. The molecule has 0 saturated carbocycles. The molecule has 1 heterocycles. The molecule has 3 nitrogen and oxygen atoms in total. The van der Waals surface area contributed by atoms with Gasteiger partial charge in [-0.2, -0.15) is 0 Å². The fourth-order valence-corrected chi connectivity index (χ4v) is 2.28. The smallest absolute Gasteiger partial charge is 0.410 e. The second kappa shape index (κ2) is 5.64. The molecular weight excluding hydrogens is 238 g/mol. The molecule has 1 aliphatic heterocycles. The van der Waals surface area contributed by atoms with E-state index in [2.05, 4.69) is 24.3 Å². The molecule has 0 aromatic heterocycles. The molecule has 0 N–H and O–H groups in total. The van der Waals surface area contributed by atoms with Crippen molar-refractivity contribution in [3.63, 3.8) is 0 Å². The largest absolute Gasteiger partial charge is 0.444 e. The standard InChI is InChI=1S/C16H23NO2/c1-16(2,3)19-15(18)17-12-11-14(17)10-9-13-7-5-4-6-8-13/h4-8,14H,9-12H2,1-3H3. The van der Waals surface area contributed by atoms with Gasteiger partial charge in [0.1, 0.15) is 5.60 Å². The lowest BCUT2D eigenvalue weighted by atomic mass is 9.96. The van der Waals surface area contributed by atoms with Crippen LogP contribution in [0.1, 0.15) is 39.2 Å². The summed E-state index contributed by atoms with van der Waals surface area (Å²) in [6, 6.07) is 10.8. The number of ether oxygens (including phenoxy) is 1. The zero-order valence-corrected chi connectivity index (χ0v) is 12.1. The first kappa shape index (κ1) is 13.9. The SMILES string of the molecule is CC(C)(C)OC(=O)N1CCC1CCc1ccccc1. The first-order valence-electron chi connectivity index (χ1n) is 6.99. The topological polar surface area (TPSA) is 29.5 Å². The third kappa shape index (κ3) is 3.98. The second-order valence-corrected chi connectivity index (χ2v) is 6.14. The Hall–Kier alpha value is -1.51. The van der Waals surface area contributed by atoms with Gasteiger partial charge in [-0.15, -0.1) is 0 Å². The summed E-state index contributed by atoms with van der Waals surface area (Å²) in [5.74, 6) is 0. The molecular formula is C16H23NO2. The molecule has 104 valence electrons. The predicted octanol–water partition coefficient (Wildman–Crippen LogP) is 3.63. The van der Waals surface area contributed by atoms with E-state index < -0.39 is 5.60 Å². The van der Waals surface area contributed by atoms with E-state index in [0.29, 0.717) is 6.04 Å². The van der Waals surface area contributed by atoms with Crippen molar-refractivity contribution in [1.29, 1.82) is 0 Å². The zero-order chi connectivity index (χ0) is 13.9. The molecule has 1 aromatic carbocycles. The molecule has 1 aromatic rings. The van der Waals surface area contributed by atoms with E-state index in [9.17, 15) is 4.79 Å². The number of carbonyl (C=O) groups is 1. The molecule has 1 saturated heterocycles. The van der Waals surface area contributed by atoms with Crippen molar-refractivity contribution in [2.45, 2.75) is 51.7 Å². The Labute approximate surface area is 115 Å². The van der Waals surface area contributed by atoms with Gasteiger partial charge in [-0.1, -0.05) is 30.3 Å². The maximum atomic E-state index is 12.0. The lowest BCUT2D eigenvalue weighted by Gasteiger charge is -2.41. The molecule has 0 spiro atoms. The summed E-state index contributed by atoms with van der Waals surface area (Å²) in [7, 11) is 0. The highest BCUT2D eigenvalue weighted by Crippen LogP contribution is 2.24. The van der Waals surface area contributed by atoms with Gasteiger partial charge < -0.3 is 9.64 Å². The van der Waals surface area contributed by atoms with Crippen molar-refractivity contribution in [2.24, 2.45) is 0 Å². The van der Waals surface area contributed by atoms with Crippen LogP contribution in [0.25, 0.3) is 0 Å². The van der Waals surface area contributed by atoms with E-state index in [-0.39, 0.29) is 6.09 Å². The number of aryl methyl sites for hydroxylation is 1. The van der Waals surface area contributed by atoms with Crippen LogP contribution < -0.4 is 0 Å². The van der Waals surface area contributed by atoms with Gasteiger partial charge in [-0.05, 0) is 45.6 Å². The predicted molar refractivity (Wildman–Crippen MR) is 76.1 cm³/mol. The third-order valence-electron chi connectivity index (χ3n) is 3.38. The van der Waals surface area contributed by atoms with E-state index in [1.54, 1.807) is 0 Å². The lowest BCUT2D eigenvalue weighted by molar-refractivity contribution is -0.00655. The van der Waals surface area contributed by atoms with Crippen LogP contribution in [0.2, 0.25) is 0 Å². The Bertz CT molecular complexity index is 422. The van der Waals surface area contributed by atoms with Crippen LogP contribution in [0.3, 0.4) is 0 Å². The van der Waals surface area contributed by atoms with Crippen LogP contribution in [0, 0.1) is 0 Å². The van der Waals surface area contributed by atoms with Gasteiger partial charge in [-0.25, -0.2) is 4.79 Å². The molecule has 3 heteroatoms. The van der Waals surface area contributed by atoms with E-state index in [4.69, 9.17) is 4.74 Å². The minimum absolute atomic E-state index is 0.170. The number of hydrogen-bond acceptors (Lipinski definition) is 2. The van der Waals surface area contributed by atoms with Crippen molar-refractivity contribution in [3.8, 4) is 0 Å². The average molecular weight is 261 g/mol. The molecule has 0 bridgehead atoms. The Morgan fingerprint density at radius 2 is 2.00 bits per heavy atom. The van der Waals surface area contributed by atoms with E-state index in [1.165, 1.54) is 5.56 Å². The van der Waals surface area contributed by atoms with E-state index in [0.717, 1.165) is 25.8 Å². The molecule has 1 fully saturated rings. The van der Waals surface area contributed by atoms with Gasteiger partial charge >= 0.3 is 6.09 Å². The Morgan fingerprint density at radius 3 is 2.53 bits per heavy atom. The number of likely N-dealkylation sites (tertiary alicyclic amines) is 1. The summed E-state index contributed by atoms with van der Waals surface area (Å²) < 4.78 is 5.41. The van der Waals surface area contributed by atoms with Crippen molar-refractivity contribution in [1.82, 2.24) is 4.90 Å². The maximum Gasteiger partial charge on any atom is 0.410 e. The second-order valence-electron chi connectivity index (χ2n) is 6.14. The Kier molecular flexibility index (Phi) is 4.13. The fraction of sp³-hybridized carbons (Fsp3) is 0.562. The Balaban J connectivity index is 1.81. The van der Waals surface area contributed by atoms with Crippen LogP contribution in [0.5, 0.6) is 0 Å². The summed E-state index contributed by atoms with van der Waals surface area (Å²) in [6.45, 7) is 6.55. The number of hydrogen-bond donors (Lipinski definition) is 0. The summed E-state index contributed by atoms with van der Waals surface area (Å²) >= 11 is 0. The van der Waals surface area contributed by atoms with E-state index in [1.807, 2.05) is 31.7 Å². The molecule has 0 radical (unpaired) electrons. The fourth-order valence-electron chi connectivity index (χ4n) is 2.28. The number of nitrogens with zero attached hydrogens (tertiary/aromatic N) is 1. The molecule has 1 aliphatic rings. The zero-order valence-electron chi connectivity index (χ0n) is 12.1. The average Bonchev–Trinajstić information content (AvgIpc) is 2.26. The van der Waals surface area contributed by atoms with Crippen molar-refractivity contribution in [3.05, 3.63) is 35.9 Å². The molecule has 1 atom stereocenters. The van der Waals surface area contributed by atoms with Gasteiger partial charge in [0.05, 0.1) is 0 Å². The third-order valence-corrected chi connectivity index (χ3v) is 3.38. The first-order chi connectivity index (χ1) is 8.96. The molecule has 2 rings (SSSR count). The highest BCUT2D eigenvalue weighted by atomic mass is 16.6. The van der Waals surface area contributed by atoms with Gasteiger partial charge in [-0.3, -0.25) is 0 Å². The van der Waals surface area contributed by atoms with Crippen molar-refractivity contribution >= 4 is 6.09 Å².